The summed E-state index contributed by atoms with van der Waals surface area (Å²) in [6.07, 6.45) is 0.769. The van der Waals surface area contributed by atoms with E-state index < -0.39 is 0 Å². The van der Waals surface area contributed by atoms with E-state index in [-0.39, 0.29) is 5.78 Å². The molecule has 26 heavy (non-hydrogen) atoms. The lowest BCUT2D eigenvalue weighted by atomic mass is 10.2. The van der Waals surface area contributed by atoms with Crippen molar-refractivity contribution in [3.05, 3.63) is 51.2 Å². The summed E-state index contributed by atoms with van der Waals surface area (Å²) >= 11 is 3.16. The number of thioether (sulfide) groups is 1. The van der Waals surface area contributed by atoms with Gasteiger partial charge in [0, 0.05) is 41.3 Å². The molecule has 0 atom stereocenters. The first-order valence-electron chi connectivity index (χ1n) is 8.63. The summed E-state index contributed by atoms with van der Waals surface area (Å²) in [5.41, 5.74) is 2.98. The maximum absolute atomic E-state index is 12.7. The molecule has 7 heteroatoms. The van der Waals surface area contributed by atoms with Crippen LogP contribution in [0.2, 0.25) is 0 Å². The van der Waals surface area contributed by atoms with Crippen molar-refractivity contribution >= 4 is 28.9 Å². The van der Waals surface area contributed by atoms with Gasteiger partial charge in [-0.25, -0.2) is 0 Å². The van der Waals surface area contributed by atoms with Gasteiger partial charge in [-0.15, -0.1) is 21.5 Å². The van der Waals surface area contributed by atoms with Gasteiger partial charge in [0.25, 0.3) is 0 Å². The first-order valence-corrected chi connectivity index (χ1v) is 10.5. The summed E-state index contributed by atoms with van der Waals surface area (Å²) in [6.45, 7) is 8.35. The molecule has 0 aliphatic rings. The second-order valence-electron chi connectivity index (χ2n) is 6.67. The number of hydrogen-bond donors (Lipinski definition) is 0. The monoisotopic (exact) mass is 388 g/mol. The third-order valence-corrected chi connectivity index (χ3v) is 6.37. The van der Waals surface area contributed by atoms with Crippen molar-refractivity contribution in [2.75, 3.05) is 5.75 Å². The molecule has 0 aromatic carbocycles. The van der Waals surface area contributed by atoms with Crippen LogP contribution in [0.25, 0.3) is 0 Å². The van der Waals surface area contributed by atoms with Gasteiger partial charge in [-0.05, 0) is 45.2 Å². The quantitative estimate of drug-likeness (QED) is 0.443. The second kappa shape index (κ2) is 7.80. The van der Waals surface area contributed by atoms with Gasteiger partial charge in [-0.3, -0.25) is 4.79 Å². The van der Waals surface area contributed by atoms with E-state index in [1.54, 1.807) is 11.3 Å². The van der Waals surface area contributed by atoms with Gasteiger partial charge >= 0.3 is 0 Å². The van der Waals surface area contributed by atoms with Gasteiger partial charge < -0.3 is 9.13 Å². The van der Waals surface area contributed by atoms with Crippen molar-refractivity contribution in [1.82, 2.24) is 19.3 Å². The molecule has 5 nitrogen and oxygen atoms in total. The largest absolute Gasteiger partial charge is 0.346 e. The molecular weight excluding hydrogens is 364 g/mol. The van der Waals surface area contributed by atoms with Crippen molar-refractivity contribution < 1.29 is 4.79 Å². The highest BCUT2D eigenvalue weighted by Crippen LogP contribution is 2.24. The minimum absolute atomic E-state index is 0.137. The molecule has 0 aliphatic heterocycles. The topological polar surface area (TPSA) is 52.7 Å². The summed E-state index contributed by atoms with van der Waals surface area (Å²) in [5, 5.41) is 11.4. The van der Waals surface area contributed by atoms with E-state index in [9.17, 15) is 4.79 Å². The fourth-order valence-corrected chi connectivity index (χ4v) is 4.77. The van der Waals surface area contributed by atoms with Gasteiger partial charge in [0.05, 0.1) is 5.75 Å². The summed E-state index contributed by atoms with van der Waals surface area (Å²) in [5.74, 6) is 1.42. The molecule has 3 aromatic heterocycles. The van der Waals surface area contributed by atoms with Crippen LogP contribution in [-0.4, -0.2) is 30.9 Å². The van der Waals surface area contributed by atoms with Gasteiger partial charge in [0.15, 0.2) is 10.9 Å². The fraction of sp³-hybridized carbons (Fsp3) is 0.421. The van der Waals surface area contributed by atoms with Crippen molar-refractivity contribution in [3.8, 4) is 0 Å². The van der Waals surface area contributed by atoms with Crippen LogP contribution in [-0.2, 0) is 13.5 Å². The second-order valence-corrected chi connectivity index (χ2v) is 8.65. The average molecular weight is 389 g/mol. The Bertz CT molecular complexity index is 907. The van der Waals surface area contributed by atoms with Crippen molar-refractivity contribution in [2.45, 2.75) is 45.3 Å². The smallest absolute Gasteiger partial charge is 0.191 e. The Morgan fingerprint density at radius 1 is 1.31 bits per heavy atom. The van der Waals surface area contributed by atoms with Crippen LogP contribution in [0.3, 0.4) is 0 Å². The Labute approximate surface area is 162 Å². The molecule has 0 spiro atoms. The predicted octanol–water partition coefficient (Wildman–Crippen LogP) is 4.44. The molecule has 138 valence electrons. The minimum Gasteiger partial charge on any atom is -0.346 e. The van der Waals surface area contributed by atoms with E-state index in [2.05, 4.69) is 47.0 Å². The molecule has 3 rings (SSSR count). The van der Waals surface area contributed by atoms with E-state index in [0.717, 1.165) is 34.4 Å². The van der Waals surface area contributed by atoms with Crippen LogP contribution >= 0.6 is 23.1 Å². The van der Waals surface area contributed by atoms with E-state index in [4.69, 9.17) is 0 Å². The third kappa shape index (κ3) is 3.78. The zero-order valence-electron chi connectivity index (χ0n) is 15.8. The molecule has 0 bridgehead atoms. The third-order valence-electron chi connectivity index (χ3n) is 4.47. The number of aryl methyl sites for hydroxylation is 1. The molecule has 0 radical (unpaired) electrons. The Morgan fingerprint density at radius 2 is 2.08 bits per heavy atom. The van der Waals surface area contributed by atoms with Gasteiger partial charge in [-0.1, -0.05) is 17.8 Å². The van der Waals surface area contributed by atoms with Crippen LogP contribution < -0.4 is 0 Å². The van der Waals surface area contributed by atoms with E-state index >= 15 is 0 Å². The number of aromatic nitrogens is 4. The predicted molar refractivity (Wildman–Crippen MR) is 107 cm³/mol. The lowest BCUT2D eigenvalue weighted by Gasteiger charge is -2.13. The molecule has 0 saturated carbocycles. The Kier molecular flexibility index (Phi) is 5.67. The zero-order valence-corrected chi connectivity index (χ0v) is 17.4. The highest BCUT2D eigenvalue weighted by atomic mass is 32.2. The number of rotatable bonds is 7. The van der Waals surface area contributed by atoms with E-state index in [1.807, 2.05) is 30.7 Å². The molecular formula is C19H24N4OS2. The number of ketones is 1. The summed E-state index contributed by atoms with van der Waals surface area (Å²) in [7, 11) is 1.96. The highest BCUT2D eigenvalue weighted by Gasteiger charge is 2.18. The van der Waals surface area contributed by atoms with Crippen LogP contribution in [0.5, 0.6) is 0 Å². The van der Waals surface area contributed by atoms with Crippen molar-refractivity contribution in [2.24, 2.45) is 7.05 Å². The van der Waals surface area contributed by atoms with Gasteiger partial charge in [0.2, 0.25) is 0 Å². The Hall–Kier alpha value is -1.86. The lowest BCUT2D eigenvalue weighted by Crippen LogP contribution is -2.08. The molecule has 0 fully saturated rings. The van der Waals surface area contributed by atoms with Gasteiger partial charge in [-0.2, -0.15) is 0 Å². The minimum atomic E-state index is 0.137. The van der Waals surface area contributed by atoms with Crippen LogP contribution in [0.4, 0.5) is 0 Å². The van der Waals surface area contributed by atoms with E-state index in [1.165, 1.54) is 16.6 Å². The SMILES string of the molecule is Cc1cc(C(=O)CSc2nnc(Cc3cccs3)n2C)c(C)n1C(C)C. The van der Waals surface area contributed by atoms with Crippen molar-refractivity contribution in [1.29, 1.82) is 0 Å². The normalized spacial score (nSPS) is 11.5. The number of thiophene rings is 1. The molecule has 3 aromatic rings. The standard InChI is InChI=1S/C19H24N4OS2/c1-12(2)23-13(3)9-16(14(23)4)17(24)11-26-19-21-20-18(22(19)5)10-15-7-6-8-25-15/h6-9,12H,10-11H2,1-5H3. The maximum atomic E-state index is 12.7. The molecule has 0 amide bonds. The molecule has 0 unspecified atom stereocenters. The van der Waals surface area contributed by atoms with Crippen molar-refractivity contribution in [3.63, 3.8) is 0 Å². The average Bonchev–Trinajstić information content (AvgIpc) is 3.28. The summed E-state index contributed by atoms with van der Waals surface area (Å²) < 4.78 is 4.19. The first kappa shape index (κ1) is 18.9. The zero-order chi connectivity index (χ0) is 18.8. The number of Topliss-reactive ketones (excluding diaryl/α,β-unsaturated/α-hetero) is 1. The maximum Gasteiger partial charge on any atom is 0.191 e. The highest BCUT2D eigenvalue weighted by molar-refractivity contribution is 7.99. The van der Waals surface area contributed by atoms with Crippen LogP contribution in [0.15, 0.2) is 28.7 Å². The Balaban J connectivity index is 1.69. The summed E-state index contributed by atoms with van der Waals surface area (Å²) in [6, 6.07) is 6.48. The molecule has 3 heterocycles. The molecule has 0 saturated heterocycles. The first-order chi connectivity index (χ1) is 12.4. The number of carbonyl (C=O) groups is 1. The summed E-state index contributed by atoms with van der Waals surface area (Å²) in [4.78, 5) is 14.0. The Morgan fingerprint density at radius 3 is 2.69 bits per heavy atom. The van der Waals surface area contributed by atoms with Crippen LogP contribution in [0.1, 0.15) is 52.3 Å². The number of nitrogens with zero attached hydrogens (tertiary/aromatic N) is 4. The lowest BCUT2D eigenvalue weighted by molar-refractivity contribution is 0.102. The fourth-order valence-electron chi connectivity index (χ4n) is 3.26. The van der Waals surface area contributed by atoms with Gasteiger partial charge in [0.1, 0.15) is 5.82 Å². The molecule has 0 aliphatic carbocycles. The van der Waals surface area contributed by atoms with E-state index in [0.29, 0.717) is 11.8 Å². The van der Waals surface area contributed by atoms with Crippen LogP contribution in [0, 0.1) is 13.8 Å². The number of hydrogen-bond acceptors (Lipinski definition) is 5. The number of carbonyl (C=O) groups excluding carboxylic acids is 1. The molecule has 0 N–H and O–H groups in total.